The van der Waals surface area contributed by atoms with Gasteiger partial charge in [0.25, 0.3) is 5.91 Å². The topological polar surface area (TPSA) is 53.2 Å². The second-order valence-electron chi connectivity index (χ2n) is 5.77. The summed E-state index contributed by atoms with van der Waals surface area (Å²) in [6.07, 6.45) is 0.884. The third kappa shape index (κ3) is 5.06. The Morgan fingerprint density at radius 1 is 1.08 bits per heavy atom. The SMILES string of the molecule is CCC(C)NC(=O)c1ccccc1NC(=S)Nc1ccc(C)cc1. The lowest BCUT2D eigenvalue weighted by molar-refractivity contribution is 0.0940. The van der Waals surface area contributed by atoms with Gasteiger partial charge < -0.3 is 16.0 Å². The second-order valence-corrected chi connectivity index (χ2v) is 6.18. The molecule has 0 radical (unpaired) electrons. The first-order valence-corrected chi connectivity index (χ1v) is 8.45. The third-order valence-corrected chi connectivity index (χ3v) is 3.92. The Labute approximate surface area is 148 Å². The number of nitrogens with one attached hydrogen (secondary N) is 3. The first-order chi connectivity index (χ1) is 11.5. The average molecular weight is 341 g/mol. The standard InChI is InChI=1S/C19H23N3OS/c1-4-14(3)20-18(23)16-7-5-6-8-17(16)22-19(24)21-15-11-9-13(2)10-12-15/h5-12,14H,4H2,1-3H3,(H,20,23)(H2,21,22,24). The summed E-state index contributed by atoms with van der Waals surface area (Å²) in [7, 11) is 0. The molecule has 2 rings (SSSR count). The molecule has 1 unspecified atom stereocenters. The highest BCUT2D eigenvalue weighted by Crippen LogP contribution is 2.16. The van der Waals surface area contributed by atoms with E-state index in [-0.39, 0.29) is 11.9 Å². The zero-order valence-corrected chi connectivity index (χ0v) is 15.0. The monoisotopic (exact) mass is 341 g/mol. The fourth-order valence-electron chi connectivity index (χ4n) is 2.12. The van der Waals surface area contributed by atoms with E-state index in [1.807, 2.05) is 63.2 Å². The van der Waals surface area contributed by atoms with Gasteiger partial charge in [0.2, 0.25) is 0 Å². The predicted molar refractivity (Wildman–Crippen MR) is 105 cm³/mol. The number of benzene rings is 2. The molecular formula is C19H23N3OS. The highest BCUT2D eigenvalue weighted by atomic mass is 32.1. The molecule has 2 aromatic rings. The minimum Gasteiger partial charge on any atom is -0.350 e. The first-order valence-electron chi connectivity index (χ1n) is 8.04. The Kier molecular flexibility index (Phi) is 6.32. The second kappa shape index (κ2) is 8.45. The van der Waals surface area contributed by atoms with Crippen LogP contribution in [0.2, 0.25) is 0 Å². The van der Waals surface area contributed by atoms with Crippen LogP contribution in [0.25, 0.3) is 0 Å². The minimum atomic E-state index is -0.106. The van der Waals surface area contributed by atoms with E-state index in [1.54, 1.807) is 6.07 Å². The van der Waals surface area contributed by atoms with Crippen molar-refractivity contribution in [1.82, 2.24) is 5.32 Å². The number of rotatable bonds is 5. The lowest BCUT2D eigenvalue weighted by Gasteiger charge is -2.16. The summed E-state index contributed by atoms with van der Waals surface area (Å²) in [5.41, 5.74) is 3.35. The van der Waals surface area contributed by atoms with Crippen molar-refractivity contribution in [2.75, 3.05) is 10.6 Å². The van der Waals surface area contributed by atoms with Crippen molar-refractivity contribution in [2.24, 2.45) is 0 Å². The van der Waals surface area contributed by atoms with Crippen molar-refractivity contribution >= 4 is 34.6 Å². The van der Waals surface area contributed by atoms with Gasteiger partial charge in [-0.15, -0.1) is 0 Å². The van der Waals surface area contributed by atoms with E-state index >= 15 is 0 Å². The van der Waals surface area contributed by atoms with Gasteiger partial charge in [-0.25, -0.2) is 0 Å². The quantitative estimate of drug-likeness (QED) is 0.709. The largest absolute Gasteiger partial charge is 0.350 e. The van der Waals surface area contributed by atoms with Gasteiger partial charge in [-0.3, -0.25) is 4.79 Å². The van der Waals surface area contributed by atoms with E-state index in [1.165, 1.54) is 5.56 Å². The molecule has 1 amide bonds. The maximum Gasteiger partial charge on any atom is 0.253 e. The number of aryl methyl sites for hydroxylation is 1. The number of thiocarbonyl (C=S) groups is 1. The van der Waals surface area contributed by atoms with Gasteiger partial charge in [0.05, 0.1) is 11.3 Å². The summed E-state index contributed by atoms with van der Waals surface area (Å²) in [6.45, 7) is 6.06. The van der Waals surface area contributed by atoms with E-state index in [0.717, 1.165) is 12.1 Å². The molecule has 24 heavy (non-hydrogen) atoms. The van der Waals surface area contributed by atoms with Gasteiger partial charge in [-0.1, -0.05) is 36.8 Å². The van der Waals surface area contributed by atoms with Crippen LogP contribution >= 0.6 is 12.2 Å². The Morgan fingerprint density at radius 3 is 2.42 bits per heavy atom. The van der Waals surface area contributed by atoms with Crippen LogP contribution in [0.15, 0.2) is 48.5 Å². The van der Waals surface area contributed by atoms with E-state index in [9.17, 15) is 4.79 Å². The van der Waals surface area contributed by atoms with Gasteiger partial charge >= 0.3 is 0 Å². The summed E-state index contributed by atoms with van der Waals surface area (Å²) in [5, 5.41) is 9.65. The van der Waals surface area contributed by atoms with Crippen LogP contribution in [-0.4, -0.2) is 17.1 Å². The van der Waals surface area contributed by atoms with Gasteiger partial charge in [0.1, 0.15) is 0 Å². The summed E-state index contributed by atoms with van der Waals surface area (Å²) >= 11 is 5.35. The molecular weight excluding hydrogens is 318 g/mol. The van der Waals surface area contributed by atoms with E-state index in [2.05, 4.69) is 16.0 Å². The van der Waals surface area contributed by atoms with Crippen molar-refractivity contribution < 1.29 is 4.79 Å². The zero-order chi connectivity index (χ0) is 17.5. The lowest BCUT2D eigenvalue weighted by Crippen LogP contribution is -2.32. The highest BCUT2D eigenvalue weighted by Gasteiger charge is 2.13. The third-order valence-electron chi connectivity index (χ3n) is 3.72. The molecule has 0 spiro atoms. The number of hydrogen-bond donors (Lipinski definition) is 3. The van der Waals surface area contributed by atoms with Crippen LogP contribution in [0, 0.1) is 6.92 Å². The normalized spacial score (nSPS) is 11.5. The van der Waals surface area contributed by atoms with Crippen LogP contribution in [0.3, 0.4) is 0 Å². The van der Waals surface area contributed by atoms with Crippen molar-refractivity contribution in [3.8, 4) is 0 Å². The molecule has 0 bridgehead atoms. The van der Waals surface area contributed by atoms with Crippen molar-refractivity contribution in [3.05, 3.63) is 59.7 Å². The van der Waals surface area contributed by atoms with Gasteiger partial charge in [0, 0.05) is 11.7 Å². The van der Waals surface area contributed by atoms with Crippen LogP contribution in [0.5, 0.6) is 0 Å². The molecule has 0 heterocycles. The number of carbonyl (C=O) groups excluding carboxylic acids is 1. The molecule has 0 aromatic heterocycles. The number of hydrogen-bond acceptors (Lipinski definition) is 2. The van der Waals surface area contributed by atoms with Crippen molar-refractivity contribution in [2.45, 2.75) is 33.2 Å². The number of amides is 1. The molecule has 0 fully saturated rings. The fourth-order valence-corrected chi connectivity index (χ4v) is 2.34. The molecule has 0 saturated heterocycles. The molecule has 126 valence electrons. The van der Waals surface area contributed by atoms with E-state index < -0.39 is 0 Å². The highest BCUT2D eigenvalue weighted by molar-refractivity contribution is 7.80. The number of carbonyl (C=O) groups is 1. The number of anilines is 2. The summed E-state index contributed by atoms with van der Waals surface area (Å²) in [4.78, 5) is 12.4. The smallest absolute Gasteiger partial charge is 0.253 e. The molecule has 1 atom stereocenters. The maximum atomic E-state index is 12.4. The lowest BCUT2D eigenvalue weighted by atomic mass is 10.1. The minimum absolute atomic E-state index is 0.106. The van der Waals surface area contributed by atoms with Crippen LogP contribution in [0.1, 0.15) is 36.2 Å². The van der Waals surface area contributed by atoms with Crippen molar-refractivity contribution in [1.29, 1.82) is 0 Å². The molecule has 2 aromatic carbocycles. The molecule has 0 aliphatic heterocycles. The molecule has 4 nitrogen and oxygen atoms in total. The Morgan fingerprint density at radius 2 is 1.75 bits per heavy atom. The summed E-state index contributed by atoms with van der Waals surface area (Å²) in [6, 6.07) is 15.4. The Bertz CT molecular complexity index is 713. The molecule has 5 heteroatoms. The van der Waals surface area contributed by atoms with E-state index in [4.69, 9.17) is 12.2 Å². The van der Waals surface area contributed by atoms with Crippen LogP contribution in [-0.2, 0) is 0 Å². The van der Waals surface area contributed by atoms with Crippen LogP contribution in [0.4, 0.5) is 11.4 Å². The van der Waals surface area contributed by atoms with Gasteiger partial charge in [-0.2, -0.15) is 0 Å². The maximum absolute atomic E-state index is 12.4. The predicted octanol–water partition coefficient (Wildman–Crippen LogP) is 4.33. The Hall–Kier alpha value is -2.40. The summed E-state index contributed by atoms with van der Waals surface area (Å²) in [5.74, 6) is -0.106. The fraction of sp³-hybridized carbons (Fsp3) is 0.263. The van der Waals surface area contributed by atoms with E-state index in [0.29, 0.717) is 16.4 Å². The van der Waals surface area contributed by atoms with Gasteiger partial charge in [-0.05, 0) is 56.8 Å². The Balaban J connectivity index is 2.07. The number of para-hydroxylation sites is 1. The molecule has 0 aliphatic rings. The average Bonchev–Trinajstić information content (AvgIpc) is 2.57. The summed E-state index contributed by atoms with van der Waals surface area (Å²) < 4.78 is 0. The van der Waals surface area contributed by atoms with Gasteiger partial charge in [0.15, 0.2) is 5.11 Å². The van der Waals surface area contributed by atoms with Crippen molar-refractivity contribution in [3.63, 3.8) is 0 Å². The zero-order valence-electron chi connectivity index (χ0n) is 14.2. The first kappa shape index (κ1) is 17.9. The molecule has 3 N–H and O–H groups in total. The van der Waals surface area contributed by atoms with Crippen LogP contribution < -0.4 is 16.0 Å². The molecule has 0 saturated carbocycles. The molecule has 0 aliphatic carbocycles.